The third-order valence-electron chi connectivity index (χ3n) is 3.48. The van der Waals surface area contributed by atoms with E-state index in [-0.39, 0.29) is 38.0 Å². The monoisotopic (exact) mass is 302 g/mol. The van der Waals surface area contributed by atoms with Gasteiger partial charge in [-0.2, -0.15) is 0 Å². The fourth-order valence-corrected chi connectivity index (χ4v) is 3.00. The van der Waals surface area contributed by atoms with E-state index >= 15 is 0 Å². The first-order valence-corrected chi connectivity index (χ1v) is 6.19. The molecular weight excluding hydrogens is 300 g/mol. The zero-order valence-corrected chi connectivity index (χ0v) is 10.8. The Morgan fingerprint density at radius 1 is 0.762 bits per heavy atom. The van der Waals surface area contributed by atoms with Crippen molar-refractivity contribution in [3.63, 3.8) is 0 Å². The van der Waals surface area contributed by atoms with Crippen molar-refractivity contribution in [1.82, 2.24) is 0 Å². The third-order valence-corrected chi connectivity index (χ3v) is 3.85. The molecule has 2 aromatic carbocycles. The summed E-state index contributed by atoms with van der Waals surface area (Å²) in [6, 6.07) is 4.49. The molecule has 2 bridgehead atoms. The highest BCUT2D eigenvalue weighted by atomic mass is 35.5. The van der Waals surface area contributed by atoms with E-state index in [1.165, 1.54) is 18.2 Å². The molecule has 0 N–H and O–H groups in total. The van der Waals surface area contributed by atoms with E-state index < -0.39 is 23.9 Å². The Morgan fingerprint density at radius 2 is 1.38 bits per heavy atom. The van der Waals surface area contributed by atoms with Crippen molar-refractivity contribution < 1.29 is 28.7 Å². The van der Waals surface area contributed by atoms with Crippen molar-refractivity contribution in [2.75, 3.05) is 0 Å². The van der Waals surface area contributed by atoms with Gasteiger partial charge in [-0.1, -0.05) is 23.7 Å². The molecule has 0 amide bonds. The van der Waals surface area contributed by atoms with Gasteiger partial charge < -0.3 is 9.47 Å². The maximum absolute atomic E-state index is 12.0. The molecule has 0 radical (unpaired) electrons. The Hall–Kier alpha value is -2.73. The maximum Gasteiger partial charge on any atom is 0.348 e. The number of ether oxygens (including phenoxy) is 2. The minimum Gasteiger partial charge on any atom is -0.386 e. The number of rotatable bonds is 0. The summed E-state index contributed by atoms with van der Waals surface area (Å²) in [5, 5.41) is 0.305. The number of carbonyl (C=O) groups is 4. The number of esters is 4. The van der Waals surface area contributed by atoms with Crippen LogP contribution >= 0.6 is 11.6 Å². The molecule has 0 saturated heterocycles. The Labute approximate surface area is 121 Å². The van der Waals surface area contributed by atoms with Crippen molar-refractivity contribution >= 4 is 46.3 Å². The van der Waals surface area contributed by atoms with E-state index in [1.54, 1.807) is 0 Å². The molecule has 7 heteroatoms. The smallest absolute Gasteiger partial charge is 0.348 e. The lowest BCUT2D eigenvalue weighted by Crippen LogP contribution is -2.29. The van der Waals surface area contributed by atoms with Crippen molar-refractivity contribution in [1.29, 1.82) is 0 Å². The van der Waals surface area contributed by atoms with Gasteiger partial charge in [0.2, 0.25) is 0 Å². The van der Waals surface area contributed by atoms with Gasteiger partial charge in [-0.25, -0.2) is 19.2 Å². The Kier molecular flexibility index (Phi) is 2.11. The number of halogens is 1. The lowest BCUT2D eigenvalue weighted by Gasteiger charge is -2.23. The molecule has 0 aromatic heterocycles. The first-order chi connectivity index (χ1) is 10.0. The van der Waals surface area contributed by atoms with Crippen LogP contribution in [-0.2, 0) is 9.47 Å². The molecule has 0 saturated carbocycles. The summed E-state index contributed by atoms with van der Waals surface area (Å²) < 4.78 is 9.19. The van der Waals surface area contributed by atoms with Gasteiger partial charge in [0.05, 0.1) is 27.3 Å². The summed E-state index contributed by atoms with van der Waals surface area (Å²) in [5.41, 5.74) is -0.326. The molecule has 4 rings (SSSR count). The van der Waals surface area contributed by atoms with Crippen LogP contribution in [0.4, 0.5) is 0 Å². The van der Waals surface area contributed by atoms with Crippen LogP contribution in [0.1, 0.15) is 41.4 Å². The highest BCUT2D eigenvalue weighted by Gasteiger charge is 2.40. The molecule has 21 heavy (non-hydrogen) atoms. The minimum absolute atomic E-state index is 0.0330. The number of cyclic esters (lactones) is 4. The number of fused-ring (bicyclic) bond motifs is 4. The molecule has 102 valence electrons. The first kappa shape index (κ1) is 12.0. The molecule has 0 unspecified atom stereocenters. The third kappa shape index (κ3) is 1.32. The zero-order chi connectivity index (χ0) is 14.9. The van der Waals surface area contributed by atoms with E-state index in [9.17, 15) is 19.2 Å². The second kappa shape index (κ2) is 3.67. The molecule has 2 aliphatic rings. The van der Waals surface area contributed by atoms with Gasteiger partial charge in [0, 0.05) is 5.39 Å². The fourth-order valence-electron chi connectivity index (χ4n) is 2.65. The Bertz CT molecular complexity index is 927. The normalized spacial score (nSPS) is 16.0. The van der Waals surface area contributed by atoms with Crippen molar-refractivity contribution in [2.45, 2.75) is 0 Å². The average molecular weight is 303 g/mol. The van der Waals surface area contributed by atoms with E-state index in [4.69, 9.17) is 11.6 Å². The van der Waals surface area contributed by atoms with E-state index in [0.29, 0.717) is 0 Å². The van der Waals surface area contributed by atoms with Crippen LogP contribution in [-0.4, -0.2) is 23.9 Å². The largest absolute Gasteiger partial charge is 0.386 e. The van der Waals surface area contributed by atoms with Gasteiger partial charge >= 0.3 is 23.9 Å². The number of benzene rings is 2. The van der Waals surface area contributed by atoms with Gasteiger partial charge in [-0.05, 0) is 11.5 Å². The van der Waals surface area contributed by atoms with Crippen LogP contribution in [0, 0.1) is 0 Å². The average Bonchev–Trinajstić information content (AvgIpc) is 2.41. The maximum atomic E-state index is 12.0. The predicted octanol–water partition coefficient (Wildman–Crippen LogP) is 2.11. The molecule has 0 atom stereocenters. The topological polar surface area (TPSA) is 86.7 Å². The van der Waals surface area contributed by atoms with Crippen molar-refractivity contribution in [3.05, 3.63) is 45.5 Å². The van der Waals surface area contributed by atoms with E-state index in [1.807, 2.05) is 0 Å². The molecule has 2 heterocycles. The second-order valence-corrected chi connectivity index (χ2v) is 4.90. The quantitative estimate of drug-likeness (QED) is 0.547. The van der Waals surface area contributed by atoms with Crippen LogP contribution in [0.2, 0.25) is 5.02 Å². The highest BCUT2D eigenvalue weighted by Crippen LogP contribution is 2.41. The molecule has 6 nitrogen and oxygen atoms in total. The van der Waals surface area contributed by atoms with Crippen LogP contribution in [0.5, 0.6) is 0 Å². The van der Waals surface area contributed by atoms with Crippen LogP contribution in [0.15, 0.2) is 18.2 Å². The molecule has 0 fully saturated rings. The fraction of sp³-hybridized carbons (Fsp3) is 0. The lowest BCUT2D eigenvalue weighted by atomic mass is 9.89. The molecular formula is C14H3ClO6. The van der Waals surface area contributed by atoms with Gasteiger partial charge in [-0.15, -0.1) is 0 Å². The SMILES string of the molecule is O=C1OC(=O)c2c(Cl)c1c1c3c(cccc23)C(=O)OC1=O. The van der Waals surface area contributed by atoms with E-state index in [0.717, 1.165) is 0 Å². The summed E-state index contributed by atoms with van der Waals surface area (Å²) in [5.74, 6) is -3.76. The van der Waals surface area contributed by atoms with E-state index in [2.05, 4.69) is 9.47 Å². The van der Waals surface area contributed by atoms with Crippen molar-refractivity contribution in [3.8, 4) is 0 Å². The molecule has 2 aliphatic heterocycles. The first-order valence-electron chi connectivity index (χ1n) is 5.82. The summed E-state index contributed by atoms with van der Waals surface area (Å²) in [6.07, 6.45) is 0. The van der Waals surface area contributed by atoms with Crippen LogP contribution < -0.4 is 0 Å². The van der Waals surface area contributed by atoms with Gasteiger partial charge in [0.1, 0.15) is 0 Å². The van der Waals surface area contributed by atoms with Crippen molar-refractivity contribution in [2.24, 2.45) is 0 Å². The molecule has 2 aromatic rings. The summed E-state index contributed by atoms with van der Waals surface area (Å²) in [7, 11) is 0. The summed E-state index contributed by atoms with van der Waals surface area (Å²) in [6.45, 7) is 0. The molecule has 0 aliphatic carbocycles. The highest BCUT2D eigenvalue weighted by molar-refractivity contribution is 6.43. The minimum atomic E-state index is -1.03. The van der Waals surface area contributed by atoms with Crippen LogP contribution in [0.3, 0.4) is 0 Å². The standard InChI is InChI=1S/C14H3ClO6/c15-10-7-4-2-1-3-5-6(4)8(13(18)20-11(5)16)9(10)14(19)21-12(7)17/h1-3H. The van der Waals surface area contributed by atoms with Gasteiger partial charge in [-0.3, -0.25) is 0 Å². The molecule has 0 spiro atoms. The zero-order valence-electron chi connectivity index (χ0n) is 10.1. The van der Waals surface area contributed by atoms with Gasteiger partial charge in [0.25, 0.3) is 0 Å². The summed E-state index contributed by atoms with van der Waals surface area (Å²) >= 11 is 6.06. The predicted molar refractivity (Wildman–Crippen MR) is 68.5 cm³/mol. The number of hydrogen-bond donors (Lipinski definition) is 0. The van der Waals surface area contributed by atoms with Crippen LogP contribution in [0.25, 0.3) is 10.8 Å². The second-order valence-electron chi connectivity index (χ2n) is 4.52. The Morgan fingerprint density at radius 3 is 2.14 bits per heavy atom. The summed E-state index contributed by atoms with van der Waals surface area (Å²) in [4.78, 5) is 47.5. The van der Waals surface area contributed by atoms with Gasteiger partial charge in [0.15, 0.2) is 0 Å². The number of hydrogen-bond acceptors (Lipinski definition) is 6. The Balaban J connectivity index is 2.36. The lowest BCUT2D eigenvalue weighted by molar-refractivity contribution is 0.0343. The number of carbonyl (C=O) groups excluding carboxylic acids is 4.